The number of hydrogen-bond donors (Lipinski definition) is 2. The van der Waals surface area contributed by atoms with Gasteiger partial charge in [0.25, 0.3) is 10.0 Å². The zero-order valence-corrected chi connectivity index (χ0v) is 14.1. The lowest BCUT2D eigenvalue weighted by Crippen LogP contribution is -2.32. The number of nitrogens with one attached hydrogen (secondary N) is 2. The summed E-state index contributed by atoms with van der Waals surface area (Å²) in [4.78, 5) is 0. The van der Waals surface area contributed by atoms with Gasteiger partial charge in [0, 0.05) is 42.5 Å². The normalized spacial score (nSPS) is 15.0. The van der Waals surface area contributed by atoms with Gasteiger partial charge in [-0.1, -0.05) is 0 Å². The molecule has 2 atom stereocenters. The zero-order valence-electron chi connectivity index (χ0n) is 12.4. The highest BCUT2D eigenvalue weighted by Gasteiger charge is 2.20. The molecule has 21 heavy (non-hydrogen) atoms. The number of furan rings is 1. The van der Waals surface area contributed by atoms with Crippen LogP contribution in [0, 0.1) is 0 Å². The average Bonchev–Trinajstić information content (AvgIpc) is 2.90. The minimum Gasteiger partial charge on any atom is -0.447 e. The Labute approximate surface area is 127 Å². The average molecular weight is 338 g/mol. The Hall–Kier alpha value is -0.740. The van der Waals surface area contributed by atoms with E-state index in [4.69, 9.17) is 9.15 Å². The Morgan fingerprint density at radius 3 is 2.76 bits per heavy atom. The molecule has 0 aliphatic heterocycles. The number of ether oxygens (including phenoxy) is 1. The zero-order chi connectivity index (χ0) is 15.9. The monoisotopic (exact) mass is 338 g/mol. The highest BCUT2D eigenvalue weighted by atomic mass is 32.2. The molecule has 0 aliphatic carbocycles. The molecule has 1 rings (SSSR count). The molecule has 7 nitrogen and oxygen atoms in total. The van der Waals surface area contributed by atoms with E-state index in [1.54, 1.807) is 20.1 Å². The molecule has 0 aliphatic rings. The topological polar surface area (TPSA) is 97.6 Å². The standard InChI is InChI=1S/C12H22N2O5S2/c1-10(20(3)15)8-14-21(16,17)12-5-4-11(19-12)9-13-6-7-18-2/h4-5,10,13-14H,6-9H2,1-3H3. The molecule has 9 heteroatoms. The highest BCUT2D eigenvalue weighted by molar-refractivity contribution is 7.89. The highest BCUT2D eigenvalue weighted by Crippen LogP contribution is 2.13. The van der Waals surface area contributed by atoms with Crippen molar-refractivity contribution in [2.75, 3.05) is 33.1 Å². The van der Waals surface area contributed by atoms with Crippen molar-refractivity contribution >= 4 is 20.8 Å². The fourth-order valence-electron chi connectivity index (χ4n) is 1.40. The van der Waals surface area contributed by atoms with Crippen LogP contribution in [0.3, 0.4) is 0 Å². The maximum absolute atomic E-state index is 12.0. The van der Waals surface area contributed by atoms with Crippen LogP contribution >= 0.6 is 0 Å². The Bertz CT molecular complexity index is 556. The first-order valence-electron chi connectivity index (χ1n) is 6.47. The molecule has 0 bridgehead atoms. The fourth-order valence-corrected chi connectivity index (χ4v) is 2.90. The number of hydrogen-bond acceptors (Lipinski definition) is 6. The summed E-state index contributed by atoms with van der Waals surface area (Å²) >= 11 is 0. The van der Waals surface area contributed by atoms with E-state index in [1.807, 2.05) is 0 Å². The van der Waals surface area contributed by atoms with Gasteiger partial charge in [-0.3, -0.25) is 4.21 Å². The summed E-state index contributed by atoms with van der Waals surface area (Å²) in [6, 6.07) is 3.01. The van der Waals surface area contributed by atoms with Crippen LogP contribution in [0.15, 0.2) is 21.6 Å². The summed E-state index contributed by atoms with van der Waals surface area (Å²) in [5.41, 5.74) is 0. The van der Waals surface area contributed by atoms with Crippen LogP contribution in [0.4, 0.5) is 0 Å². The van der Waals surface area contributed by atoms with Gasteiger partial charge in [0.1, 0.15) is 5.76 Å². The maximum atomic E-state index is 12.0. The van der Waals surface area contributed by atoms with Crippen molar-refractivity contribution < 1.29 is 21.8 Å². The number of methoxy groups -OCH3 is 1. The van der Waals surface area contributed by atoms with Crippen LogP contribution in [0.5, 0.6) is 0 Å². The number of rotatable bonds is 10. The van der Waals surface area contributed by atoms with E-state index in [0.29, 0.717) is 25.5 Å². The molecule has 1 aromatic rings. The molecular formula is C12H22N2O5S2. The van der Waals surface area contributed by atoms with Gasteiger partial charge in [-0.05, 0) is 19.1 Å². The molecule has 0 aromatic carbocycles. The van der Waals surface area contributed by atoms with Crippen LogP contribution in [0.2, 0.25) is 0 Å². The Morgan fingerprint density at radius 1 is 1.43 bits per heavy atom. The summed E-state index contributed by atoms with van der Waals surface area (Å²) < 4.78 is 47.8. The van der Waals surface area contributed by atoms with Crippen molar-refractivity contribution in [2.45, 2.75) is 23.8 Å². The van der Waals surface area contributed by atoms with Gasteiger partial charge in [-0.25, -0.2) is 13.1 Å². The molecule has 0 spiro atoms. The first-order valence-corrected chi connectivity index (χ1v) is 9.57. The third kappa shape index (κ3) is 6.27. The fraction of sp³-hybridized carbons (Fsp3) is 0.667. The van der Waals surface area contributed by atoms with Crippen LogP contribution in [-0.2, 0) is 32.1 Å². The SMILES string of the molecule is COCCNCc1ccc(S(=O)(=O)NCC(C)S(C)=O)o1. The molecule has 2 N–H and O–H groups in total. The minimum absolute atomic E-state index is 0.105. The molecule has 0 saturated heterocycles. The Kier molecular flexibility index (Phi) is 7.53. The van der Waals surface area contributed by atoms with Gasteiger partial charge in [0.05, 0.1) is 13.2 Å². The van der Waals surface area contributed by atoms with Crippen molar-refractivity contribution in [3.8, 4) is 0 Å². The van der Waals surface area contributed by atoms with Crippen LogP contribution in [-0.4, -0.2) is 50.9 Å². The third-order valence-electron chi connectivity index (χ3n) is 2.81. The van der Waals surface area contributed by atoms with E-state index in [-0.39, 0.29) is 16.9 Å². The summed E-state index contributed by atoms with van der Waals surface area (Å²) in [6.45, 7) is 3.46. The first-order chi connectivity index (χ1) is 9.86. The van der Waals surface area contributed by atoms with Crippen molar-refractivity contribution in [2.24, 2.45) is 0 Å². The summed E-state index contributed by atoms with van der Waals surface area (Å²) in [7, 11) is -3.18. The van der Waals surface area contributed by atoms with E-state index in [2.05, 4.69) is 10.0 Å². The maximum Gasteiger partial charge on any atom is 0.273 e. The summed E-state index contributed by atoms with van der Waals surface area (Å²) in [5, 5.41) is 2.66. The lowest BCUT2D eigenvalue weighted by atomic mass is 10.4. The smallest absolute Gasteiger partial charge is 0.273 e. The largest absolute Gasteiger partial charge is 0.447 e. The van der Waals surface area contributed by atoms with Crippen LogP contribution < -0.4 is 10.0 Å². The van der Waals surface area contributed by atoms with E-state index < -0.39 is 20.8 Å². The molecule has 0 fully saturated rings. The Morgan fingerprint density at radius 2 is 2.14 bits per heavy atom. The quantitative estimate of drug-likeness (QED) is 0.586. The van der Waals surface area contributed by atoms with Crippen molar-refractivity contribution in [3.63, 3.8) is 0 Å². The van der Waals surface area contributed by atoms with E-state index >= 15 is 0 Å². The molecule has 122 valence electrons. The lowest BCUT2D eigenvalue weighted by Gasteiger charge is -2.09. The van der Waals surface area contributed by atoms with Crippen molar-refractivity contribution in [3.05, 3.63) is 17.9 Å². The van der Waals surface area contributed by atoms with Gasteiger partial charge in [0.15, 0.2) is 0 Å². The van der Waals surface area contributed by atoms with E-state index in [1.165, 1.54) is 12.3 Å². The minimum atomic E-state index is -3.71. The van der Waals surface area contributed by atoms with Gasteiger partial charge in [-0.15, -0.1) is 0 Å². The van der Waals surface area contributed by atoms with Crippen molar-refractivity contribution in [1.82, 2.24) is 10.0 Å². The van der Waals surface area contributed by atoms with Crippen molar-refractivity contribution in [1.29, 1.82) is 0 Å². The number of sulfonamides is 1. The molecule has 0 saturated carbocycles. The van der Waals surface area contributed by atoms with Gasteiger partial charge < -0.3 is 14.5 Å². The second-order valence-electron chi connectivity index (χ2n) is 4.55. The molecule has 1 heterocycles. The summed E-state index contributed by atoms with van der Waals surface area (Å²) in [5.74, 6) is 0.526. The third-order valence-corrected chi connectivity index (χ3v) is 5.41. The van der Waals surface area contributed by atoms with Crippen LogP contribution in [0.1, 0.15) is 12.7 Å². The van der Waals surface area contributed by atoms with Gasteiger partial charge in [-0.2, -0.15) is 0 Å². The molecule has 1 aromatic heterocycles. The Balaban J connectivity index is 2.55. The molecule has 0 amide bonds. The van der Waals surface area contributed by atoms with Gasteiger partial charge in [0.2, 0.25) is 5.09 Å². The summed E-state index contributed by atoms with van der Waals surface area (Å²) in [6.07, 6.45) is 1.54. The van der Waals surface area contributed by atoms with E-state index in [0.717, 1.165) is 0 Å². The lowest BCUT2D eigenvalue weighted by molar-refractivity contribution is 0.198. The predicted octanol–water partition coefficient (Wildman–Crippen LogP) is 0.0609. The second-order valence-corrected chi connectivity index (χ2v) is 8.05. The molecule has 0 radical (unpaired) electrons. The first kappa shape index (κ1) is 18.3. The predicted molar refractivity (Wildman–Crippen MR) is 81.0 cm³/mol. The molecule has 2 unspecified atom stereocenters. The molecular weight excluding hydrogens is 316 g/mol. The van der Waals surface area contributed by atoms with Gasteiger partial charge >= 0.3 is 0 Å². The van der Waals surface area contributed by atoms with Crippen LogP contribution in [0.25, 0.3) is 0 Å². The second kappa shape index (κ2) is 8.64. The van der Waals surface area contributed by atoms with E-state index in [9.17, 15) is 12.6 Å².